The lowest BCUT2D eigenvalue weighted by molar-refractivity contribution is 0.0255. The Kier molecular flexibility index (Phi) is 4.95. The Bertz CT molecular complexity index is 1550. The van der Waals surface area contributed by atoms with Crippen molar-refractivity contribution in [1.29, 1.82) is 0 Å². The minimum atomic E-state index is -0.604. The lowest BCUT2D eigenvalue weighted by Gasteiger charge is -2.54. The van der Waals surface area contributed by atoms with E-state index in [9.17, 15) is 19.1 Å². The number of ether oxygens (including phenoxy) is 1. The maximum absolute atomic E-state index is 14.8. The molecule has 3 aliphatic heterocycles. The first-order valence-corrected chi connectivity index (χ1v) is 13.3. The Labute approximate surface area is 216 Å². The van der Waals surface area contributed by atoms with Crippen LogP contribution in [0.4, 0.5) is 4.39 Å². The highest BCUT2D eigenvalue weighted by atomic mass is 32.2. The molecule has 0 unspecified atom stereocenters. The average molecular weight is 518 g/mol. The number of hydrogen-bond acceptors (Lipinski definition) is 6. The van der Waals surface area contributed by atoms with Gasteiger partial charge in [0.1, 0.15) is 30.9 Å². The molecule has 1 aromatic heterocycles. The fraction of sp³-hybridized carbons (Fsp3) is 0.286. The summed E-state index contributed by atoms with van der Waals surface area (Å²) in [5.74, 6) is -0.322. The van der Waals surface area contributed by atoms with E-state index in [4.69, 9.17) is 4.74 Å². The summed E-state index contributed by atoms with van der Waals surface area (Å²) in [4.78, 5) is 29.2. The lowest BCUT2D eigenvalue weighted by atomic mass is 9.74. The Morgan fingerprint density at radius 1 is 1.14 bits per heavy atom. The highest BCUT2D eigenvalue weighted by Crippen LogP contribution is 2.48. The molecule has 3 aromatic rings. The van der Waals surface area contributed by atoms with Crippen LogP contribution in [0.1, 0.15) is 52.5 Å². The summed E-state index contributed by atoms with van der Waals surface area (Å²) >= 11 is 1.63. The van der Waals surface area contributed by atoms with Gasteiger partial charge in [0.15, 0.2) is 11.4 Å². The van der Waals surface area contributed by atoms with Gasteiger partial charge in [-0.15, -0.1) is 11.8 Å². The molecule has 1 fully saturated rings. The van der Waals surface area contributed by atoms with Crippen molar-refractivity contribution in [3.8, 4) is 11.5 Å². The van der Waals surface area contributed by atoms with E-state index in [1.54, 1.807) is 33.6 Å². The molecule has 0 saturated heterocycles. The minimum absolute atomic E-state index is 0.0572. The van der Waals surface area contributed by atoms with Crippen LogP contribution in [-0.4, -0.2) is 39.4 Å². The monoisotopic (exact) mass is 517 g/mol. The normalized spacial score (nSPS) is 22.0. The molecule has 0 radical (unpaired) electrons. The molecule has 2 bridgehead atoms. The van der Waals surface area contributed by atoms with Crippen LogP contribution in [0.2, 0.25) is 0 Å². The van der Waals surface area contributed by atoms with Crippen molar-refractivity contribution in [2.75, 3.05) is 18.3 Å². The third kappa shape index (κ3) is 3.26. The smallest absolute Gasteiger partial charge is 0.278 e. The van der Waals surface area contributed by atoms with Crippen molar-refractivity contribution in [3.05, 3.63) is 99.2 Å². The largest absolute Gasteiger partial charge is 0.502 e. The summed E-state index contributed by atoms with van der Waals surface area (Å²) in [5.41, 5.74) is 1.39. The minimum Gasteiger partial charge on any atom is -0.502 e. The quantitative estimate of drug-likeness (QED) is 0.448. The summed E-state index contributed by atoms with van der Waals surface area (Å²) in [7, 11) is 0. The number of halogens is 1. The first-order valence-electron chi connectivity index (χ1n) is 12.3. The van der Waals surface area contributed by atoms with Crippen molar-refractivity contribution in [3.63, 3.8) is 0 Å². The molecule has 1 amide bonds. The second-order valence-electron chi connectivity index (χ2n) is 9.91. The van der Waals surface area contributed by atoms with Crippen LogP contribution in [-0.2, 0) is 5.75 Å². The zero-order valence-corrected chi connectivity index (χ0v) is 20.7. The number of carbonyl (C=O) groups excluding carboxylic acids is 1. The van der Waals surface area contributed by atoms with Crippen molar-refractivity contribution < 1.29 is 19.0 Å². The first-order chi connectivity index (χ1) is 18.0. The van der Waals surface area contributed by atoms with Crippen LogP contribution in [0.25, 0.3) is 0 Å². The molecule has 37 heavy (non-hydrogen) atoms. The van der Waals surface area contributed by atoms with E-state index in [0.29, 0.717) is 11.5 Å². The van der Waals surface area contributed by atoms with Gasteiger partial charge < -0.3 is 14.7 Å². The van der Waals surface area contributed by atoms with Crippen LogP contribution in [0.5, 0.6) is 11.5 Å². The molecule has 1 atom stereocenters. The number of hydrogen-bond donors (Lipinski definition) is 1. The van der Waals surface area contributed by atoms with Gasteiger partial charge in [-0.1, -0.05) is 24.3 Å². The molecular weight excluding hydrogens is 493 g/mol. The van der Waals surface area contributed by atoms with Crippen LogP contribution in [0, 0.1) is 5.82 Å². The van der Waals surface area contributed by atoms with Crippen LogP contribution >= 0.6 is 11.8 Å². The number of carbonyl (C=O) groups is 1. The zero-order valence-electron chi connectivity index (χ0n) is 19.9. The Morgan fingerprint density at radius 3 is 2.78 bits per heavy atom. The van der Waals surface area contributed by atoms with E-state index < -0.39 is 22.8 Å². The zero-order chi connectivity index (χ0) is 25.3. The lowest BCUT2D eigenvalue weighted by Crippen LogP contribution is -2.64. The number of benzene rings is 2. The number of rotatable bonds is 0. The van der Waals surface area contributed by atoms with Gasteiger partial charge >= 0.3 is 0 Å². The molecule has 2 aromatic carbocycles. The number of amides is 1. The van der Waals surface area contributed by atoms with E-state index in [1.807, 2.05) is 41.4 Å². The van der Waals surface area contributed by atoms with Crippen molar-refractivity contribution in [2.45, 2.75) is 41.5 Å². The summed E-state index contributed by atoms with van der Waals surface area (Å²) in [6.07, 6.45) is 7.92. The molecule has 4 aliphatic rings. The Hall–Kier alpha value is -3.72. The number of aromatic nitrogens is 1. The van der Waals surface area contributed by atoms with Crippen molar-refractivity contribution in [1.82, 2.24) is 9.58 Å². The van der Waals surface area contributed by atoms with Crippen molar-refractivity contribution in [2.24, 2.45) is 0 Å². The molecule has 7 rings (SSSR count). The molecule has 9 heteroatoms. The van der Waals surface area contributed by atoms with E-state index in [2.05, 4.69) is 0 Å². The van der Waals surface area contributed by atoms with Gasteiger partial charge in [-0.2, -0.15) is 0 Å². The highest BCUT2D eigenvalue weighted by molar-refractivity contribution is 7.98. The highest BCUT2D eigenvalue weighted by Gasteiger charge is 2.49. The maximum Gasteiger partial charge on any atom is 0.278 e. The maximum atomic E-state index is 14.8. The van der Waals surface area contributed by atoms with Crippen LogP contribution < -0.4 is 15.2 Å². The van der Waals surface area contributed by atoms with Gasteiger partial charge in [0.25, 0.3) is 5.91 Å². The third-order valence-corrected chi connectivity index (χ3v) is 9.08. The molecule has 1 spiro atoms. The molecule has 4 heterocycles. The summed E-state index contributed by atoms with van der Waals surface area (Å²) in [6.45, 7) is 0.454. The molecular formula is C28H24FN3O4S. The summed E-state index contributed by atoms with van der Waals surface area (Å²) in [6, 6.07) is 11.8. The summed E-state index contributed by atoms with van der Waals surface area (Å²) in [5, 5.41) is 12.9. The van der Waals surface area contributed by atoms with Gasteiger partial charge in [-0.25, -0.2) is 4.39 Å². The second-order valence-corrected chi connectivity index (χ2v) is 10.9. The molecule has 188 valence electrons. The fourth-order valence-electron chi connectivity index (χ4n) is 6.01. The Morgan fingerprint density at radius 2 is 1.97 bits per heavy atom. The number of aromatic hydroxyl groups is 1. The fourth-order valence-corrected chi connectivity index (χ4v) is 7.08. The predicted octanol–water partition coefficient (Wildman–Crippen LogP) is 4.31. The van der Waals surface area contributed by atoms with Crippen LogP contribution in [0.15, 0.2) is 70.5 Å². The van der Waals surface area contributed by atoms with E-state index in [1.165, 1.54) is 12.1 Å². The number of pyridine rings is 1. The first kappa shape index (κ1) is 22.5. The molecule has 1 aliphatic carbocycles. The van der Waals surface area contributed by atoms with Crippen molar-refractivity contribution >= 4 is 17.7 Å². The van der Waals surface area contributed by atoms with Gasteiger partial charge in [0.05, 0.1) is 5.54 Å². The molecule has 7 nitrogen and oxygen atoms in total. The standard InChI is InChI=1S/C28H24FN3O4S/c29-18-13-17-15-37-22-6-2-1-5-19(22)24-23(17)21(14-18)36-12-4-10-28(8-3-9-28)30-16-32(24)31-11-7-20(33)26(34)25(31)27(30)35/h1-2,4-7,10-11,13-14,24,34H,3,8-9,12,15-16H2/b10-4-/t24-/m1/s1. The number of fused-ring (bicyclic) bond motifs is 8. The van der Waals surface area contributed by atoms with Crippen LogP contribution in [0.3, 0.4) is 0 Å². The Balaban J connectivity index is 1.57. The van der Waals surface area contributed by atoms with E-state index >= 15 is 0 Å². The molecule has 1 saturated carbocycles. The van der Waals surface area contributed by atoms with E-state index in [-0.39, 0.29) is 30.7 Å². The van der Waals surface area contributed by atoms with Gasteiger partial charge in [-0.05, 0) is 48.6 Å². The third-order valence-electron chi connectivity index (χ3n) is 7.95. The topological polar surface area (TPSA) is 75.0 Å². The van der Waals surface area contributed by atoms with Gasteiger partial charge in [-0.3, -0.25) is 19.3 Å². The number of thioether (sulfide) groups is 1. The van der Waals surface area contributed by atoms with Gasteiger partial charge in [0, 0.05) is 34.5 Å². The SMILES string of the molecule is O=C1c2c(O)c(=O)ccn2N2CN1C1(/C=C\COc3cc(F)cc4c3[C@H]2c2ccccc2SC4)CCC1. The van der Waals surface area contributed by atoms with E-state index in [0.717, 1.165) is 40.8 Å². The summed E-state index contributed by atoms with van der Waals surface area (Å²) < 4.78 is 22.6. The number of nitrogens with zero attached hydrogens (tertiary/aromatic N) is 3. The average Bonchev–Trinajstić information content (AvgIpc) is 3.03. The second kappa shape index (κ2) is 8.14. The van der Waals surface area contributed by atoms with Gasteiger partial charge in [0.2, 0.25) is 5.43 Å². The predicted molar refractivity (Wildman–Crippen MR) is 137 cm³/mol. The molecule has 1 N–H and O–H groups in total.